The number of hydrogen-bond donors (Lipinski definition) is 0. The molecule has 2 aromatic rings. The van der Waals surface area contributed by atoms with Crippen LogP contribution in [0.5, 0.6) is 0 Å². The van der Waals surface area contributed by atoms with Crippen molar-refractivity contribution in [3.05, 3.63) is 64.5 Å². The number of pyridine rings is 1. The van der Waals surface area contributed by atoms with E-state index in [4.69, 9.17) is 0 Å². The summed E-state index contributed by atoms with van der Waals surface area (Å²) in [6, 6.07) is 9.91. The summed E-state index contributed by atoms with van der Waals surface area (Å²) in [5, 5.41) is 0. The third-order valence-corrected chi connectivity index (χ3v) is 6.79. The SMILES string of the molecule is Cc1cc2c(cc1C)CN(CCC1CCCCN1CCCc1ccncc1)C2. The molecule has 1 aromatic carbocycles. The maximum Gasteiger partial charge on any atom is 0.0270 e. The fraction of sp³-hybridized carbons (Fsp3) is 0.560. The van der Waals surface area contributed by atoms with Crippen LogP contribution in [-0.4, -0.2) is 40.5 Å². The van der Waals surface area contributed by atoms with Gasteiger partial charge in [-0.05, 0) is 99.0 Å². The number of rotatable bonds is 7. The molecule has 0 saturated carbocycles. The predicted octanol–water partition coefficient (Wildman–Crippen LogP) is 4.89. The van der Waals surface area contributed by atoms with Crippen molar-refractivity contribution in [2.45, 2.75) is 71.5 Å². The fourth-order valence-electron chi connectivity index (χ4n) is 4.97. The zero-order valence-corrected chi connectivity index (χ0v) is 17.7. The molecule has 150 valence electrons. The van der Waals surface area contributed by atoms with E-state index in [9.17, 15) is 0 Å². The van der Waals surface area contributed by atoms with Gasteiger partial charge in [-0.2, -0.15) is 0 Å². The molecule has 1 atom stereocenters. The van der Waals surface area contributed by atoms with Gasteiger partial charge < -0.3 is 4.90 Å². The Morgan fingerprint density at radius 1 is 0.964 bits per heavy atom. The van der Waals surface area contributed by atoms with Crippen LogP contribution < -0.4 is 0 Å². The summed E-state index contributed by atoms with van der Waals surface area (Å²) < 4.78 is 0. The highest BCUT2D eigenvalue weighted by Crippen LogP contribution is 2.27. The van der Waals surface area contributed by atoms with Crippen molar-refractivity contribution < 1.29 is 0 Å². The van der Waals surface area contributed by atoms with Gasteiger partial charge in [-0.1, -0.05) is 18.6 Å². The Hall–Kier alpha value is -1.71. The van der Waals surface area contributed by atoms with E-state index in [1.54, 1.807) is 11.1 Å². The molecule has 2 aliphatic rings. The molecular formula is C25H35N3. The molecule has 0 bridgehead atoms. The van der Waals surface area contributed by atoms with Gasteiger partial charge in [-0.3, -0.25) is 9.88 Å². The molecule has 28 heavy (non-hydrogen) atoms. The molecule has 0 spiro atoms. The Kier molecular flexibility index (Phi) is 6.43. The summed E-state index contributed by atoms with van der Waals surface area (Å²) in [6.07, 6.45) is 11.7. The van der Waals surface area contributed by atoms with E-state index in [1.807, 2.05) is 12.4 Å². The average Bonchev–Trinajstić information content (AvgIpc) is 3.10. The predicted molar refractivity (Wildman–Crippen MR) is 116 cm³/mol. The minimum atomic E-state index is 0.776. The van der Waals surface area contributed by atoms with Crippen LogP contribution in [-0.2, 0) is 19.5 Å². The van der Waals surface area contributed by atoms with E-state index in [2.05, 4.69) is 52.9 Å². The topological polar surface area (TPSA) is 19.4 Å². The van der Waals surface area contributed by atoms with Crippen LogP contribution in [0, 0.1) is 13.8 Å². The van der Waals surface area contributed by atoms with Gasteiger partial charge in [-0.25, -0.2) is 0 Å². The van der Waals surface area contributed by atoms with Gasteiger partial charge >= 0.3 is 0 Å². The van der Waals surface area contributed by atoms with E-state index in [1.165, 1.54) is 74.8 Å². The summed E-state index contributed by atoms with van der Waals surface area (Å²) in [7, 11) is 0. The summed E-state index contributed by atoms with van der Waals surface area (Å²) >= 11 is 0. The molecule has 0 aliphatic carbocycles. The Bertz CT molecular complexity index is 740. The van der Waals surface area contributed by atoms with Gasteiger partial charge in [0.25, 0.3) is 0 Å². The summed E-state index contributed by atoms with van der Waals surface area (Å²) in [4.78, 5) is 9.57. The lowest BCUT2D eigenvalue weighted by Gasteiger charge is -2.36. The number of aryl methyl sites for hydroxylation is 3. The highest BCUT2D eigenvalue weighted by molar-refractivity contribution is 5.39. The van der Waals surface area contributed by atoms with Crippen molar-refractivity contribution in [2.24, 2.45) is 0 Å². The fourth-order valence-corrected chi connectivity index (χ4v) is 4.97. The Morgan fingerprint density at radius 2 is 1.68 bits per heavy atom. The number of benzene rings is 1. The van der Waals surface area contributed by atoms with E-state index >= 15 is 0 Å². The second-order valence-electron chi connectivity index (χ2n) is 8.85. The van der Waals surface area contributed by atoms with Gasteiger partial charge in [0.1, 0.15) is 0 Å². The average molecular weight is 378 g/mol. The lowest BCUT2D eigenvalue weighted by molar-refractivity contribution is 0.123. The molecule has 4 rings (SSSR count). The quantitative estimate of drug-likeness (QED) is 0.685. The van der Waals surface area contributed by atoms with Crippen LogP contribution in [0.4, 0.5) is 0 Å². The van der Waals surface area contributed by atoms with Gasteiger partial charge in [0, 0.05) is 38.1 Å². The van der Waals surface area contributed by atoms with Gasteiger partial charge in [0.05, 0.1) is 0 Å². The first-order valence-corrected chi connectivity index (χ1v) is 11.1. The lowest BCUT2D eigenvalue weighted by atomic mass is 9.98. The molecule has 0 amide bonds. The first kappa shape index (κ1) is 19.6. The van der Waals surface area contributed by atoms with Crippen LogP contribution in [0.25, 0.3) is 0 Å². The highest BCUT2D eigenvalue weighted by Gasteiger charge is 2.25. The summed E-state index contributed by atoms with van der Waals surface area (Å²) in [5.41, 5.74) is 7.41. The van der Waals surface area contributed by atoms with Crippen LogP contribution in [0.2, 0.25) is 0 Å². The first-order chi connectivity index (χ1) is 13.7. The van der Waals surface area contributed by atoms with Crippen LogP contribution in [0.1, 0.15) is 59.9 Å². The smallest absolute Gasteiger partial charge is 0.0270 e. The highest BCUT2D eigenvalue weighted by atomic mass is 15.2. The Balaban J connectivity index is 1.26. The number of likely N-dealkylation sites (tertiary alicyclic amines) is 1. The third kappa shape index (κ3) is 4.82. The van der Waals surface area contributed by atoms with Crippen molar-refractivity contribution in [1.29, 1.82) is 0 Å². The van der Waals surface area contributed by atoms with E-state index < -0.39 is 0 Å². The van der Waals surface area contributed by atoms with Crippen molar-refractivity contribution >= 4 is 0 Å². The van der Waals surface area contributed by atoms with Crippen molar-refractivity contribution in [2.75, 3.05) is 19.6 Å². The number of nitrogens with zero attached hydrogens (tertiary/aromatic N) is 3. The number of piperidine rings is 1. The third-order valence-electron chi connectivity index (χ3n) is 6.79. The number of fused-ring (bicyclic) bond motifs is 1. The molecule has 3 heterocycles. The molecule has 1 fully saturated rings. The molecule has 3 heteroatoms. The molecule has 3 nitrogen and oxygen atoms in total. The molecule has 1 unspecified atom stereocenters. The molecule has 2 aliphatic heterocycles. The van der Waals surface area contributed by atoms with Crippen LogP contribution in [0.15, 0.2) is 36.7 Å². The second kappa shape index (κ2) is 9.19. The molecular weight excluding hydrogens is 342 g/mol. The van der Waals surface area contributed by atoms with E-state index in [-0.39, 0.29) is 0 Å². The summed E-state index contributed by atoms with van der Waals surface area (Å²) in [5.74, 6) is 0. The normalized spacial score (nSPS) is 20.4. The Morgan fingerprint density at radius 3 is 2.39 bits per heavy atom. The second-order valence-corrected chi connectivity index (χ2v) is 8.85. The lowest BCUT2D eigenvalue weighted by Crippen LogP contribution is -2.41. The van der Waals surface area contributed by atoms with E-state index in [0.29, 0.717) is 0 Å². The number of hydrogen-bond acceptors (Lipinski definition) is 3. The minimum absolute atomic E-state index is 0.776. The largest absolute Gasteiger partial charge is 0.300 e. The van der Waals surface area contributed by atoms with Crippen molar-refractivity contribution in [3.8, 4) is 0 Å². The monoisotopic (exact) mass is 377 g/mol. The maximum atomic E-state index is 4.13. The molecule has 0 radical (unpaired) electrons. The van der Waals surface area contributed by atoms with Crippen LogP contribution >= 0.6 is 0 Å². The number of aromatic nitrogens is 1. The van der Waals surface area contributed by atoms with Gasteiger partial charge in [-0.15, -0.1) is 0 Å². The van der Waals surface area contributed by atoms with Crippen LogP contribution in [0.3, 0.4) is 0 Å². The molecule has 1 saturated heterocycles. The first-order valence-electron chi connectivity index (χ1n) is 11.1. The minimum Gasteiger partial charge on any atom is -0.300 e. The van der Waals surface area contributed by atoms with Gasteiger partial charge in [0.2, 0.25) is 0 Å². The zero-order valence-electron chi connectivity index (χ0n) is 17.7. The molecule has 0 N–H and O–H groups in total. The molecule has 1 aromatic heterocycles. The van der Waals surface area contributed by atoms with Gasteiger partial charge in [0.15, 0.2) is 0 Å². The maximum absolute atomic E-state index is 4.13. The standard InChI is InChI=1S/C25H35N3/c1-20-16-23-18-27(19-24(23)17-21(20)2)15-10-25-7-3-4-13-28(25)14-5-6-22-8-11-26-12-9-22/h8-9,11-12,16-17,25H,3-7,10,13-15,18-19H2,1-2H3. The Labute approximate surface area is 170 Å². The summed E-state index contributed by atoms with van der Waals surface area (Å²) in [6.45, 7) is 10.5. The van der Waals surface area contributed by atoms with Crippen molar-refractivity contribution in [1.82, 2.24) is 14.8 Å². The van der Waals surface area contributed by atoms with Crippen molar-refractivity contribution in [3.63, 3.8) is 0 Å². The zero-order chi connectivity index (χ0) is 19.3. The van der Waals surface area contributed by atoms with E-state index in [0.717, 1.165) is 19.1 Å².